The van der Waals surface area contributed by atoms with Crippen LogP contribution < -0.4 is 5.32 Å². The maximum absolute atomic E-state index is 12.4. The summed E-state index contributed by atoms with van der Waals surface area (Å²) in [6.45, 7) is 0. The number of nitrogens with zero attached hydrogens (tertiary/aromatic N) is 3. The Bertz CT molecular complexity index is 699. The van der Waals surface area contributed by atoms with E-state index in [4.69, 9.17) is 5.26 Å². The lowest BCUT2D eigenvalue weighted by molar-refractivity contribution is 0.102. The van der Waals surface area contributed by atoms with Gasteiger partial charge in [0.15, 0.2) is 0 Å². The lowest BCUT2D eigenvalue weighted by Gasteiger charge is -2.04. The summed E-state index contributed by atoms with van der Waals surface area (Å²) >= 11 is 1.57. The summed E-state index contributed by atoms with van der Waals surface area (Å²) < 4.78 is 1.51. The van der Waals surface area contributed by atoms with E-state index in [1.54, 1.807) is 18.4 Å². The van der Waals surface area contributed by atoms with Crippen LogP contribution in [0.1, 0.15) is 44.9 Å². The number of carbonyl (C=O) groups is 1. The van der Waals surface area contributed by atoms with Gasteiger partial charge in [-0.2, -0.15) is 10.4 Å². The summed E-state index contributed by atoms with van der Waals surface area (Å²) in [4.78, 5) is 14.4. The third-order valence-electron chi connectivity index (χ3n) is 3.76. The molecule has 6 heteroatoms. The van der Waals surface area contributed by atoms with Crippen molar-refractivity contribution in [3.05, 3.63) is 33.1 Å². The van der Waals surface area contributed by atoms with Gasteiger partial charge in [-0.25, -0.2) is 0 Å². The van der Waals surface area contributed by atoms with Crippen LogP contribution in [0.5, 0.6) is 0 Å². The molecule has 3 rings (SSSR count). The Kier molecular flexibility index (Phi) is 3.76. The monoisotopic (exact) mass is 300 g/mol. The fourth-order valence-electron chi connectivity index (χ4n) is 2.62. The highest BCUT2D eigenvalue weighted by Crippen LogP contribution is 2.29. The molecule has 0 saturated heterocycles. The molecule has 5 nitrogen and oxygen atoms in total. The van der Waals surface area contributed by atoms with Crippen molar-refractivity contribution in [2.24, 2.45) is 7.05 Å². The van der Waals surface area contributed by atoms with E-state index in [2.05, 4.69) is 10.4 Å². The third-order valence-corrected chi connectivity index (χ3v) is 5.00. The minimum absolute atomic E-state index is 0.159. The van der Waals surface area contributed by atoms with Gasteiger partial charge < -0.3 is 5.32 Å². The standard InChI is InChI=1S/C15H16N4OS/c1-19-14(11(8-16)9-17-19)18-15(20)13-7-10-5-3-2-4-6-12(10)21-13/h7,9H,2-6H2,1H3,(H,18,20). The molecule has 21 heavy (non-hydrogen) atoms. The molecule has 1 aliphatic carbocycles. The SMILES string of the molecule is Cn1ncc(C#N)c1NC(=O)c1cc2c(s1)CCCCC2. The van der Waals surface area contributed by atoms with Gasteiger partial charge in [-0.05, 0) is 37.3 Å². The van der Waals surface area contributed by atoms with Crippen LogP contribution in [0.25, 0.3) is 0 Å². The summed E-state index contributed by atoms with van der Waals surface area (Å²) in [5.41, 5.74) is 1.69. The summed E-state index contributed by atoms with van der Waals surface area (Å²) in [6.07, 6.45) is 7.26. The Balaban J connectivity index is 1.83. The summed E-state index contributed by atoms with van der Waals surface area (Å²) in [6, 6.07) is 4.04. The number of amides is 1. The van der Waals surface area contributed by atoms with Crippen LogP contribution in [0.2, 0.25) is 0 Å². The van der Waals surface area contributed by atoms with E-state index in [9.17, 15) is 4.79 Å². The molecule has 0 bridgehead atoms. The van der Waals surface area contributed by atoms with Crippen LogP contribution in [-0.2, 0) is 19.9 Å². The van der Waals surface area contributed by atoms with Gasteiger partial charge in [0, 0.05) is 11.9 Å². The highest BCUT2D eigenvalue weighted by atomic mass is 32.1. The van der Waals surface area contributed by atoms with Crippen LogP contribution in [-0.4, -0.2) is 15.7 Å². The first-order chi connectivity index (χ1) is 10.2. The fraction of sp³-hybridized carbons (Fsp3) is 0.400. The van der Waals surface area contributed by atoms with E-state index in [0.29, 0.717) is 16.3 Å². The molecular formula is C15H16N4OS. The summed E-state index contributed by atoms with van der Waals surface area (Å²) in [5, 5.41) is 15.8. The van der Waals surface area contributed by atoms with E-state index in [-0.39, 0.29) is 5.91 Å². The molecule has 0 aliphatic heterocycles. The predicted octanol–water partition coefficient (Wildman–Crippen LogP) is 2.87. The molecule has 2 aromatic heterocycles. The molecule has 0 spiro atoms. The van der Waals surface area contributed by atoms with Crippen LogP contribution >= 0.6 is 11.3 Å². The molecule has 0 aromatic carbocycles. The minimum Gasteiger partial charge on any atom is -0.305 e. The summed E-state index contributed by atoms with van der Waals surface area (Å²) in [7, 11) is 1.71. The van der Waals surface area contributed by atoms with Crippen molar-refractivity contribution >= 4 is 23.1 Å². The van der Waals surface area contributed by atoms with Crippen molar-refractivity contribution in [1.82, 2.24) is 9.78 Å². The van der Waals surface area contributed by atoms with Crippen molar-refractivity contribution < 1.29 is 4.79 Å². The molecule has 0 fully saturated rings. The molecule has 0 saturated carbocycles. The van der Waals surface area contributed by atoms with E-state index in [0.717, 1.165) is 12.8 Å². The van der Waals surface area contributed by atoms with Gasteiger partial charge in [0.1, 0.15) is 17.5 Å². The molecule has 1 amide bonds. The zero-order chi connectivity index (χ0) is 14.8. The van der Waals surface area contributed by atoms with E-state index >= 15 is 0 Å². The zero-order valence-corrected chi connectivity index (χ0v) is 12.7. The number of aryl methyl sites for hydroxylation is 3. The first kappa shape index (κ1) is 13.8. The molecule has 1 N–H and O–H groups in total. The van der Waals surface area contributed by atoms with Crippen LogP contribution in [0, 0.1) is 11.3 Å². The first-order valence-electron chi connectivity index (χ1n) is 7.04. The quantitative estimate of drug-likeness (QED) is 0.867. The topological polar surface area (TPSA) is 70.7 Å². The number of rotatable bonds is 2. The second kappa shape index (κ2) is 5.70. The summed E-state index contributed by atoms with van der Waals surface area (Å²) in [5.74, 6) is 0.291. The number of hydrogen-bond donors (Lipinski definition) is 1. The van der Waals surface area contributed by atoms with Crippen LogP contribution in [0.4, 0.5) is 5.82 Å². The Hall–Kier alpha value is -2.13. The number of carbonyl (C=O) groups excluding carboxylic acids is 1. The predicted molar refractivity (Wildman–Crippen MR) is 81.5 cm³/mol. The lowest BCUT2D eigenvalue weighted by Crippen LogP contribution is -2.14. The van der Waals surface area contributed by atoms with Gasteiger partial charge in [0.2, 0.25) is 0 Å². The Morgan fingerprint density at radius 3 is 3.05 bits per heavy atom. The second-order valence-electron chi connectivity index (χ2n) is 5.22. The number of fused-ring (bicyclic) bond motifs is 1. The molecule has 0 atom stereocenters. The molecule has 2 aromatic rings. The fourth-order valence-corrected chi connectivity index (χ4v) is 3.76. The largest absolute Gasteiger partial charge is 0.305 e. The molecule has 1 aliphatic rings. The number of nitriles is 1. The highest BCUT2D eigenvalue weighted by molar-refractivity contribution is 7.14. The second-order valence-corrected chi connectivity index (χ2v) is 6.35. The molecule has 2 heterocycles. The Morgan fingerprint density at radius 1 is 1.43 bits per heavy atom. The van der Waals surface area contributed by atoms with Gasteiger partial charge in [0.05, 0.1) is 11.1 Å². The van der Waals surface area contributed by atoms with E-state index < -0.39 is 0 Å². The average Bonchev–Trinajstić information content (AvgIpc) is 2.97. The Morgan fingerprint density at radius 2 is 2.24 bits per heavy atom. The normalized spacial score (nSPS) is 14.1. The molecule has 108 valence electrons. The lowest BCUT2D eigenvalue weighted by atomic mass is 10.1. The minimum atomic E-state index is -0.159. The zero-order valence-electron chi connectivity index (χ0n) is 11.8. The number of anilines is 1. The maximum Gasteiger partial charge on any atom is 0.266 e. The van der Waals surface area contributed by atoms with Crippen molar-refractivity contribution in [3.8, 4) is 6.07 Å². The average molecular weight is 300 g/mol. The first-order valence-corrected chi connectivity index (χ1v) is 7.85. The number of nitrogens with one attached hydrogen (secondary N) is 1. The van der Waals surface area contributed by atoms with E-state index in [1.807, 2.05) is 12.1 Å². The van der Waals surface area contributed by atoms with E-state index in [1.165, 1.54) is 40.6 Å². The van der Waals surface area contributed by atoms with Crippen molar-refractivity contribution in [3.63, 3.8) is 0 Å². The highest BCUT2D eigenvalue weighted by Gasteiger charge is 2.18. The van der Waals surface area contributed by atoms with Crippen molar-refractivity contribution in [2.75, 3.05) is 5.32 Å². The smallest absolute Gasteiger partial charge is 0.266 e. The van der Waals surface area contributed by atoms with Crippen LogP contribution in [0.15, 0.2) is 12.3 Å². The van der Waals surface area contributed by atoms with Crippen LogP contribution in [0.3, 0.4) is 0 Å². The van der Waals surface area contributed by atoms with Gasteiger partial charge in [-0.3, -0.25) is 9.48 Å². The van der Waals surface area contributed by atoms with Gasteiger partial charge in [-0.1, -0.05) is 6.42 Å². The maximum atomic E-state index is 12.4. The number of hydrogen-bond acceptors (Lipinski definition) is 4. The van der Waals surface area contributed by atoms with Gasteiger partial charge in [-0.15, -0.1) is 11.3 Å². The van der Waals surface area contributed by atoms with Crippen molar-refractivity contribution in [2.45, 2.75) is 32.1 Å². The molecular weight excluding hydrogens is 284 g/mol. The molecule has 0 radical (unpaired) electrons. The van der Waals surface area contributed by atoms with Gasteiger partial charge >= 0.3 is 0 Å². The Labute approximate surface area is 127 Å². The third kappa shape index (κ3) is 2.69. The number of thiophene rings is 1. The number of aromatic nitrogens is 2. The molecule has 0 unspecified atom stereocenters. The van der Waals surface area contributed by atoms with Crippen molar-refractivity contribution in [1.29, 1.82) is 5.26 Å². The van der Waals surface area contributed by atoms with Gasteiger partial charge in [0.25, 0.3) is 5.91 Å².